The van der Waals surface area contributed by atoms with Crippen molar-refractivity contribution in [2.45, 2.75) is 59.8 Å². The van der Waals surface area contributed by atoms with Crippen LogP contribution in [0.1, 0.15) is 59.8 Å². The van der Waals surface area contributed by atoms with E-state index < -0.39 is 23.3 Å². The molecular formula is C18H30O4. The van der Waals surface area contributed by atoms with Crippen molar-refractivity contribution >= 4 is 11.9 Å². The van der Waals surface area contributed by atoms with Crippen molar-refractivity contribution in [3.05, 3.63) is 18.4 Å². The largest absolute Gasteiger partial charge is 0.465 e. The molecule has 0 aliphatic heterocycles. The molecule has 0 radical (unpaired) electrons. The van der Waals surface area contributed by atoms with Gasteiger partial charge in [0.15, 0.2) is 5.92 Å². The maximum atomic E-state index is 12.4. The summed E-state index contributed by atoms with van der Waals surface area (Å²) in [5.74, 6) is -2.00. The first-order valence-electron chi connectivity index (χ1n) is 8.23. The fourth-order valence-corrected chi connectivity index (χ4v) is 2.71. The Labute approximate surface area is 134 Å². The van der Waals surface area contributed by atoms with Gasteiger partial charge in [0, 0.05) is 5.41 Å². The van der Waals surface area contributed by atoms with Gasteiger partial charge in [-0.25, -0.2) is 0 Å². The van der Waals surface area contributed by atoms with E-state index in [1.54, 1.807) is 19.9 Å². The van der Waals surface area contributed by atoms with Gasteiger partial charge in [0.1, 0.15) is 0 Å². The predicted molar refractivity (Wildman–Crippen MR) is 87.3 cm³/mol. The molecule has 0 amide bonds. The van der Waals surface area contributed by atoms with Crippen molar-refractivity contribution < 1.29 is 19.1 Å². The summed E-state index contributed by atoms with van der Waals surface area (Å²) in [6.45, 7) is 11.6. The normalized spacial score (nSPS) is 13.1. The fraction of sp³-hybridized carbons (Fsp3) is 0.722. The van der Waals surface area contributed by atoms with Crippen molar-refractivity contribution in [2.75, 3.05) is 13.2 Å². The first-order chi connectivity index (χ1) is 10.5. The molecule has 0 saturated carbocycles. The molecule has 0 aromatic heterocycles. The van der Waals surface area contributed by atoms with Gasteiger partial charge < -0.3 is 9.47 Å². The van der Waals surface area contributed by atoms with Gasteiger partial charge in [-0.05, 0) is 32.8 Å². The van der Waals surface area contributed by atoms with Crippen molar-refractivity contribution in [1.29, 1.82) is 0 Å². The summed E-state index contributed by atoms with van der Waals surface area (Å²) in [5, 5.41) is 0. The van der Waals surface area contributed by atoms with Gasteiger partial charge in [0.05, 0.1) is 13.2 Å². The minimum Gasteiger partial charge on any atom is -0.465 e. The maximum Gasteiger partial charge on any atom is 0.321 e. The van der Waals surface area contributed by atoms with E-state index in [1.807, 2.05) is 6.92 Å². The lowest BCUT2D eigenvalue weighted by molar-refractivity contribution is -0.167. The average molecular weight is 310 g/mol. The van der Waals surface area contributed by atoms with E-state index in [0.717, 1.165) is 19.3 Å². The fourth-order valence-electron chi connectivity index (χ4n) is 2.71. The lowest BCUT2D eigenvalue weighted by Gasteiger charge is -2.34. The van der Waals surface area contributed by atoms with Gasteiger partial charge in [-0.1, -0.05) is 39.7 Å². The summed E-state index contributed by atoms with van der Waals surface area (Å²) >= 11 is 0. The van der Waals surface area contributed by atoms with Gasteiger partial charge in [-0.15, -0.1) is 5.73 Å². The van der Waals surface area contributed by atoms with Crippen LogP contribution < -0.4 is 0 Å². The predicted octanol–water partition coefficient (Wildman–Crippen LogP) is 4.05. The Hall–Kier alpha value is -1.54. The first kappa shape index (κ1) is 20.5. The molecule has 0 aromatic carbocycles. The van der Waals surface area contributed by atoms with E-state index in [-0.39, 0.29) is 13.2 Å². The van der Waals surface area contributed by atoms with Crippen LogP contribution in [0.2, 0.25) is 0 Å². The topological polar surface area (TPSA) is 52.6 Å². The molecular weight excluding hydrogens is 280 g/mol. The SMILES string of the molecule is C=C=CC(CC)(CCCCC)C(C(=O)OCC)C(=O)OCC. The third-order valence-corrected chi connectivity index (χ3v) is 3.91. The Balaban J connectivity index is 5.63. The number of allylic oxidation sites excluding steroid dienone is 1. The van der Waals surface area contributed by atoms with E-state index in [9.17, 15) is 9.59 Å². The number of esters is 2. The molecule has 4 nitrogen and oxygen atoms in total. The molecule has 0 heterocycles. The molecule has 0 fully saturated rings. The van der Waals surface area contributed by atoms with Crippen LogP contribution in [0, 0.1) is 11.3 Å². The molecule has 0 aliphatic carbocycles. The van der Waals surface area contributed by atoms with Crippen molar-refractivity contribution in [3.8, 4) is 0 Å². The molecule has 4 heteroatoms. The Morgan fingerprint density at radius 3 is 2.00 bits per heavy atom. The molecule has 0 rings (SSSR count). The summed E-state index contributed by atoms with van der Waals surface area (Å²) in [5.41, 5.74) is 2.13. The number of carbonyl (C=O) groups excluding carboxylic acids is 2. The zero-order chi connectivity index (χ0) is 17.0. The number of hydrogen-bond acceptors (Lipinski definition) is 4. The highest BCUT2D eigenvalue weighted by Crippen LogP contribution is 2.40. The lowest BCUT2D eigenvalue weighted by Crippen LogP contribution is -2.42. The zero-order valence-corrected chi connectivity index (χ0v) is 14.4. The van der Waals surface area contributed by atoms with Crippen LogP contribution in [0.4, 0.5) is 0 Å². The second-order valence-electron chi connectivity index (χ2n) is 5.33. The third kappa shape index (κ3) is 5.69. The van der Waals surface area contributed by atoms with E-state index in [1.165, 1.54) is 0 Å². The minimum atomic E-state index is -0.955. The molecule has 22 heavy (non-hydrogen) atoms. The van der Waals surface area contributed by atoms with Gasteiger partial charge in [0.25, 0.3) is 0 Å². The number of carbonyl (C=O) groups is 2. The second kappa shape index (κ2) is 11.1. The molecule has 126 valence electrons. The summed E-state index contributed by atoms with van der Waals surface area (Å²) in [6.07, 6.45) is 6.13. The van der Waals surface area contributed by atoms with Gasteiger partial charge in [0.2, 0.25) is 0 Å². The number of unbranched alkanes of at least 4 members (excludes halogenated alkanes) is 2. The van der Waals surface area contributed by atoms with Crippen molar-refractivity contribution in [3.63, 3.8) is 0 Å². The lowest BCUT2D eigenvalue weighted by atomic mass is 9.69. The summed E-state index contributed by atoms with van der Waals surface area (Å²) in [7, 11) is 0. The van der Waals surface area contributed by atoms with Crippen LogP contribution in [0.25, 0.3) is 0 Å². The average Bonchev–Trinajstić information content (AvgIpc) is 2.48. The highest BCUT2D eigenvalue weighted by molar-refractivity contribution is 5.96. The van der Waals surface area contributed by atoms with E-state index in [2.05, 4.69) is 19.2 Å². The summed E-state index contributed by atoms with van der Waals surface area (Å²) in [6, 6.07) is 0. The van der Waals surface area contributed by atoms with Crippen LogP contribution in [0.5, 0.6) is 0 Å². The Bertz CT molecular complexity index is 378. The molecule has 0 aliphatic rings. The Morgan fingerprint density at radius 2 is 1.64 bits per heavy atom. The highest BCUT2D eigenvalue weighted by atomic mass is 16.6. The van der Waals surface area contributed by atoms with E-state index >= 15 is 0 Å². The quantitative estimate of drug-likeness (QED) is 0.250. The van der Waals surface area contributed by atoms with Crippen LogP contribution in [-0.2, 0) is 19.1 Å². The zero-order valence-electron chi connectivity index (χ0n) is 14.4. The van der Waals surface area contributed by atoms with Gasteiger partial charge in [-0.3, -0.25) is 9.59 Å². The van der Waals surface area contributed by atoms with Crippen molar-refractivity contribution in [1.82, 2.24) is 0 Å². The first-order valence-corrected chi connectivity index (χ1v) is 8.23. The molecule has 0 N–H and O–H groups in total. The number of hydrogen-bond donors (Lipinski definition) is 0. The highest BCUT2D eigenvalue weighted by Gasteiger charge is 2.46. The standard InChI is InChI=1S/C18H30O4/c1-6-11-12-14-18(8-3,13-7-2)15(16(19)21-9-4)17(20)22-10-5/h13,15H,2,6,8-12,14H2,1,3-5H3. The van der Waals surface area contributed by atoms with E-state index in [0.29, 0.717) is 12.8 Å². The monoisotopic (exact) mass is 310 g/mol. The van der Waals surface area contributed by atoms with Crippen LogP contribution in [0.15, 0.2) is 18.4 Å². The second-order valence-corrected chi connectivity index (χ2v) is 5.33. The summed E-state index contributed by atoms with van der Waals surface area (Å²) in [4.78, 5) is 24.8. The summed E-state index contributed by atoms with van der Waals surface area (Å²) < 4.78 is 10.2. The molecule has 1 unspecified atom stereocenters. The molecule has 1 atom stereocenters. The number of rotatable bonds is 11. The minimum absolute atomic E-state index is 0.237. The van der Waals surface area contributed by atoms with Crippen LogP contribution >= 0.6 is 0 Å². The van der Waals surface area contributed by atoms with Crippen LogP contribution in [0.3, 0.4) is 0 Å². The van der Waals surface area contributed by atoms with E-state index in [4.69, 9.17) is 9.47 Å². The van der Waals surface area contributed by atoms with Crippen molar-refractivity contribution in [2.24, 2.45) is 11.3 Å². The third-order valence-electron chi connectivity index (χ3n) is 3.91. The molecule has 0 aromatic rings. The van der Waals surface area contributed by atoms with Crippen LogP contribution in [-0.4, -0.2) is 25.2 Å². The Morgan fingerprint density at radius 1 is 1.09 bits per heavy atom. The molecule has 0 bridgehead atoms. The maximum absolute atomic E-state index is 12.4. The van der Waals surface area contributed by atoms with Gasteiger partial charge in [-0.2, -0.15) is 0 Å². The smallest absolute Gasteiger partial charge is 0.321 e. The van der Waals surface area contributed by atoms with Gasteiger partial charge >= 0.3 is 11.9 Å². The molecule has 0 spiro atoms. The molecule has 0 saturated heterocycles. The Kier molecular flexibility index (Phi) is 10.3. The number of ether oxygens (including phenoxy) is 2.